The Bertz CT molecular complexity index is 760. The minimum Gasteiger partial charge on any atom is -0.748 e. The van der Waals surface area contributed by atoms with Crippen LogP contribution < -0.4 is 0 Å². The Kier molecular flexibility index (Phi) is 8.70. The lowest BCUT2D eigenvalue weighted by Gasteiger charge is -2.15. The maximum absolute atomic E-state index is 12.3. The normalized spacial score (nSPS) is 11.2. The standard InChI is InChI=1S/C11H8I4O7S/c1-21-10(16)4-5(7(13)9(15)8(14)6(4)12)11(17)22-2-3-23(18,19)20/h2-3H2,1H3,(H,18,19,20)/p-1. The molecule has 0 amide bonds. The largest absolute Gasteiger partial charge is 0.748 e. The molecule has 0 heterocycles. The van der Waals surface area contributed by atoms with Crippen molar-refractivity contribution in [1.29, 1.82) is 0 Å². The summed E-state index contributed by atoms with van der Waals surface area (Å²) in [4.78, 5) is 24.3. The van der Waals surface area contributed by atoms with E-state index in [1.807, 2.05) is 90.4 Å². The van der Waals surface area contributed by atoms with Gasteiger partial charge < -0.3 is 14.0 Å². The van der Waals surface area contributed by atoms with Gasteiger partial charge in [0.15, 0.2) is 0 Å². The summed E-state index contributed by atoms with van der Waals surface area (Å²) < 4.78 is 43.8. The molecule has 0 bridgehead atoms. The zero-order valence-corrected chi connectivity index (χ0v) is 20.6. The molecule has 12 heteroatoms. The first-order chi connectivity index (χ1) is 10.5. The lowest BCUT2D eigenvalue weighted by Crippen LogP contribution is -2.21. The van der Waals surface area contributed by atoms with Crippen LogP contribution in [-0.2, 0) is 19.6 Å². The molecule has 0 aliphatic heterocycles. The molecule has 0 radical (unpaired) electrons. The maximum Gasteiger partial charge on any atom is 0.340 e. The second-order valence-electron chi connectivity index (χ2n) is 3.90. The van der Waals surface area contributed by atoms with Crippen molar-refractivity contribution in [2.45, 2.75) is 0 Å². The van der Waals surface area contributed by atoms with Crippen molar-refractivity contribution in [3.8, 4) is 0 Å². The average Bonchev–Trinajstić information content (AvgIpc) is 2.46. The molecule has 0 aliphatic carbocycles. The quantitative estimate of drug-likeness (QED) is 0.149. The Morgan fingerprint density at radius 2 is 1.39 bits per heavy atom. The number of hydrogen-bond acceptors (Lipinski definition) is 7. The Morgan fingerprint density at radius 1 is 0.957 bits per heavy atom. The van der Waals surface area contributed by atoms with Gasteiger partial charge in [0.25, 0.3) is 0 Å². The van der Waals surface area contributed by atoms with Crippen molar-refractivity contribution in [3.63, 3.8) is 0 Å². The number of halogens is 4. The van der Waals surface area contributed by atoms with E-state index in [1.54, 1.807) is 0 Å². The number of methoxy groups -OCH3 is 1. The highest BCUT2D eigenvalue weighted by Crippen LogP contribution is 2.33. The van der Waals surface area contributed by atoms with Gasteiger partial charge in [0, 0.05) is 14.3 Å². The summed E-state index contributed by atoms with van der Waals surface area (Å²) in [6, 6.07) is 0. The molecule has 0 unspecified atom stereocenters. The van der Waals surface area contributed by atoms with Crippen LogP contribution in [0.25, 0.3) is 0 Å². The minimum atomic E-state index is -4.49. The monoisotopic (exact) mass is 791 g/mol. The van der Waals surface area contributed by atoms with E-state index in [0.29, 0.717) is 7.14 Å². The van der Waals surface area contributed by atoms with Crippen LogP contribution in [0.3, 0.4) is 0 Å². The first-order valence-corrected chi connectivity index (χ1v) is 11.5. The number of rotatable bonds is 5. The molecule has 0 spiro atoms. The molecule has 1 aromatic rings. The van der Waals surface area contributed by atoms with Gasteiger partial charge >= 0.3 is 11.9 Å². The number of carbonyl (C=O) groups is 2. The second-order valence-corrected chi connectivity index (χ2v) is 9.73. The summed E-state index contributed by atoms with van der Waals surface area (Å²) in [7, 11) is -3.30. The van der Waals surface area contributed by atoms with Gasteiger partial charge in [-0.05, 0) is 90.4 Å². The van der Waals surface area contributed by atoms with Crippen molar-refractivity contribution in [2.75, 3.05) is 19.5 Å². The fraction of sp³-hybridized carbons (Fsp3) is 0.273. The molecule has 1 rings (SSSR count). The third-order valence-corrected chi connectivity index (χ3v) is 10.5. The van der Waals surface area contributed by atoms with E-state index >= 15 is 0 Å². The molecule has 0 aromatic heterocycles. The first kappa shape index (κ1) is 22.0. The highest BCUT2D eigenvalue weighted by Gasteiger charge is 2.29. The van der Waals surface area contributed by atoms with Crippen molar-refractivity contribution >= 4 is 112 Å². The maximum atomic E-state index is 12.3. The van der Waals surface area contributed by atoms with Crippen molar-refractivity contribution in [2.24, 2.45) is 0 Å². The highest BCUT2D eigenvalue weighted by molar-refractivity contribution is 14.1. The second kappa shape index (κ2) is 9.08. The number of benzene rings is 1. The number of carbonyl (C=O) groups excluding carboxylic acids is 2. The van der Waals surface area contributed by atoms with Gasteiger partial charge in [-0.3, -0.25) is 0 Å². The average molecular weight is 791 g/mol. The van der Waals surface area contributed by atoms with Crippen LogP contribution in [0.5, 0.6) is 0 Å². The van der Waals surface area contributed by atoms with E-state index in [-0.39, 0.29) is 11.1 Å². The van der Waals surface area contributed by atoms with Crippen LogP contribution in [0.2, 0.25) is 0 Å². The first-order valence-electron chi connectivity index (χ1n) is 5.56. The Morgan fingerprint density at radius 3 is 1.78 bits per heavy atom. The van der Waals surface area contributed by atoms with Gasteiger partial charge in [-0.1, -0.05) is 0 Å². The molecule has 7 nitrogen and oxygen atoms in total. The molecule has 0 saturated heterocycles. The van der Waals surface area contributed by atoms with Crippen molar-refractivity contribution in [3.05, 3.63) is 25.4 Å². The van der Waals surface area contributed by atoms with Crippen molar-refractivity contribution in [1.82, 2.24) is 0 Å². The highest BCUT2D eigenvalue weighted by atomic mass is 127. The molecule has 0 fully saturated rings. The zero-order valence-electron chi connectivity index (χ0n) is 11.2. The van der Waals surface area contributed by atoms with Gasteiger partial charge in [-0.15, -0.1) is 0 Å². The summed E-state index contributed by atoms with van der Waals surface area (Å²) >= 11 is 7.91. The predicted molar refractivity (Wildman–Crippen MR) is 113 cm³/mol. The fourth-order valence-corrected chi connectivity index (χ4v) is 5.34. The minimum absolute atomic E-state index is 0.00466. The number of hydrogen-bond donors (Lipinski definition) is 0. The van der Waals surface area contributed by atoms with Gasteiger partial charge in [0.05, 0.1) is 34.1 Å². The van der Waals surface area contributed by atoms with Crippen LogP contribution in [0.1, 0.15) is 20.7 Å². The van der Waals surface area contributed by atoms with E-state index < -0.39 is 34.4 Å². The van der Waals surface area contributed by atoms with Crippen LogP contribution >= 0.6 is 90.4 Å². The lowest BCUT2D eigenvalue weighted by molar-refractivity contribution is 0.0503. The third kappa shape index (κ3) is 5.74. The summed E-state index contributed by atoms with van der Waals surface area (Å²) in [6.07, 6.45) is 0. The Balaban J connectivity index is 3.33. The molecule has 23 heavy (non-hydrogen) atoms. The topological polar surface area (TPSA) is 110 Å². The van der Waals surface area contributed by atoms with Crippen LogP contribution in [0.15, 0.2) is 0 Å². The molecule has 0 N–H and O–H groups in total. The molecule has 128 valence electrons. The molecular formula is C11H7I4O7S-. The Labute approximate surface area is 186 Å². The molecule has 0 saturated carbocycles. The van der Waals surface area contributed by atoms with Gasteiger partial charge in [-0.25, -0.2) is 18.0 Å². The summed E-state index contributed by atoms with van der Waals surface area (Å²) in [5.74, 6) is -2.42. The summed E-state index contributed by atoms with van der Waals surface area (Å²) in [5.41, 5.74) is 0.0484. The zero-order chi connectivity index (χ0) is 17.9. The van der Waals surface area contributed by atoms with Crippen LogP contribution in [-0.4, -0.2) is 44.4 Å². The lowest BCUT2D eigenvalue weighted by atomic mass is 10.1. The summed E-state index contributed by atoms with van der Waals surface area (Å²) in [6.45, 7) is -0.583. The van der Waals surface area contributed by atoms with E-state index in [2.05, 4.69) is 0 Å². The number of esters is 2. The van der Waals surface area contributed by atoms with E-state index in [4.69, 9.17) is 9.47 Å². The number of ether oxygens (including phenoxy) is 2. The summed E-state index contributed by atoms with van der Waals surface area (Å²) in [5, 5.41) is 0. The SMILES string of the molecule is COC(=O)c1c(I)c(I)c(I)c(I)c1C(=O)OCCS(=O)(=O)[O-]. The third-order valence-electron chi connectivity index (χ3n) is 2.43. The molecule has 0 aliphatic rings. The van der Waals surface area contributed by atoms with Gasteiger partial charge in [0.2, 0.25) is 0 Å². The van der Waals surface area contributed by atoms with E-state index in [9.17, 15) is 22.6 Å². The van der Waals surface area contributed by atoms with Crippen LogP contribution in [0, 0.1) is 14.3 Å². The predicted octanol–water partition coefficient (Wildman–Crippen LogP) is 2.59. The van der Waals surface area contributed by atoms with E-state index in [0.717, 1.165) is 7.14 Å². The molecule has 1 aromatic carbocycles. The fourth-order valence-electron chi connectivity index (χ4n) is 1.43. The van der Waals surface area contributed by atoms with Crippen molar-refractivity contribution < 1.29 is 32.0 Å². The molecule has 0 atom stereocenters. The smallest absolute Gasteiger partial charge is 0.340 e. The van der Waals surface area contributed by atoms with Gasteiger partial charge in [0.1, 0.15) is 6.61 Å². The van der Waals surface area contributed by atoms with Gasteiger partial charge in [-0.2, -0.15) is 0 Å². The Hall–Kier alpha value is 0.990. The van der Waals surface area contributed by atoms with E-state index in [1.165, 1.54) is 7.11 Å². The van der Waals surface area contributed by atoms with Crippen LogP contribution in [0.4, 0.5) is 0 Å². The molecular weight excluding hydrogens is 784 g/mol.